The minimum absolute atomic E-state index is 0.0883. The number of thioether (sulfide) groups is 1. The average molecular weight is 469 g/mol. The van der Waals surface area contributed by atoms with Crippen LogP contribution in [0.1, 0.15) is 36.4 Å². The molecular formula is C23H22F2N6OS. The Kier molecular flexibility index (Phi) is 5.48. The molecule has 2 heterocycles. The maximum Gasteiger partial charge on any atom is 0.239 e. The molecule has 0 radical (unpaired) electrons. The van der Waals surface area contributed by atoms with Crippen molar-refractivity contribution < 1.29 is 13.6 Å². The zero-order valence-corrected chi connectivity index (χ0v) is 19.3. The fourth-order valence-corrected chi connectivity index (χ4v) is 6.44. The molecule has 1 amide bonds. The quantitative estimate of drug-likeness (QED) is 0.737. The Morgan fingerprint density at radius 1 is 1.33 bits per heavy atom. The molecular weight excluding hydrogens is 446 g/mol. The lowest BCUT2D eigenvalue weighted by molar-refractivity contribution is -0.129. The van der Waals surface area contributed by atoms with Crippen LogP contribution in [0.25, 0.3) is 11.9 Å². The van der Waals surface area contributed by atoms with Crippen LogP contribution in [-0.4, -0.2) is 44.8 Å². The summed E-state index contributed by atoms with van der Waals surface area (Å²) in [4.78, 5) is 26.8. The van der Waals surface area contributed by atoms with E-state index in [-0.39, 0.29) is 39.9 Å². The summed E-state index contributed by atoms with van der Waals surface area (Å²) in [6.45, 7) is 3.70. The van der Waals surface area contributed by atoms with E-state index in [1.807, 2.05) is 13.0 Å². The van der Waals surface area contributed by atoms with E-state index < -0.39 is 21.9 Å². The van der Waals surface area contributed by atoms with Crippen LogP contribution >= 0.6 is 11.8 Å². The Morgan fingerprint density at radius 2 is 2.00 bits per heavy atom. The number of nitrogens with zero attached hydrogens (tertiary/aromatic N) is 5. The largest absolute Gasteiger partial charge is 0.378 e. The minimum Gasteiger partial charge on any atom is -0.378 e. The smallest absolute Gasteiger partial charge is 0.239 e. The lowest BCUT2D eigenvalue weighted by Crippen LogP contribution is -2.44. The third-order valence-electron chi connectivity index (χ3n) is 6.31. The molecule has 1 aliphatic heterocycles. The number of hydrogen-bond donors (Lipinski definition) is 1. The Bertz CT molecular complexity index is 1240. The summed E-state index contributed by atoms with van der Waals surface area (Å²) in [5.74, 6) is -1.89. The number of halogens is 2. The summed E-state index contributed by atoms with van der Waals surface area (Å²) < 4.78 is 29.0. The molecule has 0 spiro atoms. The molecule has 1 aromatic heterocycles. The van der Waals surface area contributed by atoms with Crippen LogP contribution < -0.4 is 5.73 Å². The molecule has 4 atom stereocenters. The lowest BCUT2D eigenvalue weighted by Gasteiger charge is -2.34. The van der Waals surface area contributed by atoms with Gasteiger partial charge in [-0.2, -0.15) is 5.26 Å². The normalized spacial score (nSPS) is 28.4. The summed E-state index contributed by atoms with van der Waals surface area (Å²) >= 11 is 1.23. The van der Waals surface area contributed by atoms with E-state index in [0.29, 0.717) is 5.56 Å². The molecule has 2 N–H and O–H groups in total. The van der Waals surface area contributed by atoms with Gasteiger partial charge in [0, 0.05) is 38.0 Å². The molecule has 1 unspecified atom stereocenters. The predicted octanol–water partition coefficient (Wildman–Crippen LogP) is 3.32. The number of nitriles is 1. The number of amides is 1. The fourth-order valence-electron chi connectivity index (χ4n) is 4.77. The van der Waals surface area contributed by atoms with Gasteiger partial charge < -0.3 is 10.6 Å². The van der Waals surface area contributed by atoms with Crippen LogP contribution in [0.15, 0.2) is 35.6 Å². The van der Waals surface area contributed by atoms with Gasteiger partial charge in [-0.1, -0.05) is 24.8 Å². The van der Waals surface area contributed by atoms with Gasteiger partial charge in [0.25, 0.3) is 0 Å². The van der Waals surface area contributed by atoms with Crippen molar-refractivity contribution in [1.29, 1.82) is 5.26 Å². The molecule has 10 heteroatoms. The first kappa shape index (κ1) is 22.9. The van der Waals surface area contributed by atoms with Gasteiger partial charge in [-0.3, -0.25) is 9.79 Å². The third kappa shape index (κ3) is 3.56. The molecule has 2 aliphatic rings. The Morgan fingerprint density at radius 3 is 2.61 bits per heavy atom. The topological polar surface area (TPSA) is 108 Å². The van der Waals surface area contributed by atoms with E-state index in [9.17, 15) is 9.18 Å². The van der Waals surface area contributed by atoms with Gasteiger partial charge in [0.1, 0.15) is 16.6 Å². The predicted molar refractivity (Wildman–Crippen MR) is 123 cm³/mol. The first-order chi connectivity index (χ1) is 15.5. The van der Waals surface area contributed by atoms with Crippen LogP contribution in [0.4, 0.5) is 8.78 Å². The first-order valence-electron chi connectivity index (χ1n) is 10.2. The SMILES string of the molecule is C[C@H]1C2[C@@]1(C(=O)N(C)C)SC(N)=N[C@]2(C)c1cc(/C=C(\F)c2ncc(C#N)cn2)ccc1F. The number of nitrogens with two attached hydrogens (primary N) is 1. The molecule has 1 saturated carbocycles. The number of aliphatic imine (C=N–C) groups is 1. The van der Waals surface area contributed by atoms with E-state index in [2.05, 4.69) is 15.0 Å². The van der Waals surface area contributed by atoms with Crippen molar-refractivity contribution in [2.45, 2.75) is 24.1 Å². The van der Waals surface area contributed by atoms with Crippen molar-refractivity contribution in [3.63, 3.8) is 0 Å². The number of benzene rings is 1. The highest BCUT2D eigenvalue weighted by Crippen LogP contribution is 2.70. The highest BCUT2D eigenvalue weighted by Gasteiger charge is 2.76. The van der Waals surface area contributed by atoms with Crippen LogP contribution in [0, 0.1) is 29.0 Å². The molecule has 33 heavy (non-hydrogen) atoms. The Hall–Kier alpha value is -3.32. The zero-order valence-electron chi connectivity index (χ0n) is 18.5. The van der Waals surface area contributed by atoms with Crippen molar-refractivity contribution in [1.82, 2.24) is 14.9 Å². The Balaban J connectivity index is 1.75. The molecule has 7 nitrogen and oxygen atoms in total. The standard InChI is InChI=1S/C23H22F2N6OS/c1-12-18-22(2,30-21(27)33-23(12,18)20(32)31(3)4)15-7-13(5-6-16(15)24)8-17(25)19-28-10-14(9-26)11-29-19/h5-8,10-12,18H,1-4H3,(H2,27,30)/b17-8-/t12-,18?,22+,23-/m0/s1. The van der Waals surface area contributed by atoms with Crippen molar-refractivity contribution in [2.24, 2.45) is 22.6 Å². The highest BCUT2D eigenvalue weighted by atomic mass is 32.2. The van der Waals surface area contributed by atoms with Gasteiger partial charge in [0.05, 0.1) is 11.1 Å². The summed E-state index contributed by atoms with van der Waals surface area (Å²) in [6, 6.07) is 6.07. The summed E-state index contributed by atoms with van der Waals surface area (Å²) in [5.41, 5.74) is 5.85. The van der Waals surface area contributed by atoms with E-state index in [1.54, 1.807) is 21.0 Å². The molecule has 1 aliphatic carbocycles. The highest BCUT2D eigenvalue weighted by molar-refractivity contribution is 8.15. The molecule has 1 fully saturated rings. The number of amidine groups is 1. The minimum atomic E-state index is -1.10. The Labute approximate surface area is 194 Å². The molecule has 0 saturated heterocycles. The first-order valence-corrected chi connectivity index (χ1v) is 11.0. The van der Waals surface area contributed by atoms with Crippen LogP contribution in [0.2, 0.25) is 0 Å². The maximum atomic E-state index is 15.1. The second-order valence-electron chi connectivity index (χ2n) is 8.60. The van der Waals surface area contributed by atoms with Crippen molar-refractivity contribution in [2.75, 3.05) is 14.1 Å². The summed E-state index contributed by atoms with van der Waals surface area (Å²) in [5, 5.41) is 9.05. The van der Waals surface area contributed by atoms with E-state index in [0.717, 1.165) is 0 Å². The number of carbonyl (C=O) groups excluding carboxylic acids is 1. The molecule has 0 bridgehead atoms. The maximum absolute atomic E-state index is 15.1. The second kappa shape index (κ2) is 7.92. The number of hydrogen-bond acceptors (Lipinski definition) is 7. The van der Waals surface area contributed by atoms with Gasteiger partial charge >= 0.3 is 0 Å². The fraction of sp³-hybridized carbons (Fsp3) is 0.348. The van der Waals surface area contributed by atoms with Gasteiger partial charge in [-0.25, -0.2) is 18.7 Å². The molecule has 2 aromatic rings. The zero-order chi connectivity index (χ0) is 24.1. The monoisotopic (exact) mass is 468 g/mol. The van der Waals surface area contributed by atoms with Gasteiger partial charge in [0.2, 0.25) is 5.91 Å². The molecule has 1 aromatic carbocycles. The number of carbonyl (C=O) groups is 1. The molecule has 4 rings (SSSR count). The summed E-state index contributed by atoms with van der Waals surface area (Å²) in [6.07, 6.45) is 3.63. The molecule has 170 valence electrons. The number of rotatable bonds is 4. The van der Waals surface area contributed by atoms with Crippen LogP contribution in [-0.2, 0) is 10.3 Å². The number of fused-ring (bicyclic) bond motifs is 1. The number of aromatic nitrogens is 2. The van der Waals surface area contributed by atoms with E-state index in [4.69, 9.17) is 11.0 Å². The van der Waals surface area contributed by atoms with Gasteiger partial charge in [-0.15, -0.1) is 0 Å². The van der Waals surface area contributed by atoms with E-state index >= 15 is 4.39 Å². The van der Waals surface area contributed by atoms with Crippen molar-refractivity contribution in [3.8, 4) is 6.07 Å². The van der Waals surface area contributed by atoms with Gasteiger partial charge in [-0.05, 0) is 36.6 Å². The van der Waals surface area contributed by atoms with Crippen LogP contribution in [0.5, 0.6) is 0 Å². The summed E-state index contributed by atoms with van der Waals surface area (Å²) in [7, 11) is 3.36. The average Bonchev–Trinajstić information content (AvgIpc) is 3.39. The van der Waals surface area contributed by atoms with Gasteiger partial charge in [0.15, 0.2) is 16.8 Å². The van der Waals surface area contributed by atoms with Crippen molar-refractivity contribution in [3.05, 3.63) is 58.9 Å². The third-order valence-corrected chi connectivity index (χ3v) is 7.75. The lowest BCUT2D eigenvalue weighted by atomic mass is 9.84. The second-order valence-corrected chi connectivity index (χ2v) is 9.90. The van der Waals surface area contributed by atoms with E-state index in [1.165, 1.54) is 53.3 Å². The van der Waals surface area contributed by atoms with Crippen LogP contribution in [0.3, 0.4) is 0 Å². The van der Waals surface area contributed by atoms with Crippen molar-refractivity contribution >= 4 is 34.7 Å².